The molecule has 15 rings (SSSR count). The Kier molecular flexibility index (Phi) is 11.7. The van der Waals surface area contributed by atoms with Crippen LogP contribution in [0.5, 0.6) is 0 Å². The molecule has 4 nitrogen and oxygen atoms in total. The zero-order valence-corrected chi connectivity index (χ0v) is 46.1. The Hall–Kier alpha value is -10.4. The van der Waals surface area contributed by atoms with Crippen molar-refractivity contribution < 1.29 is 8.83 Å². The second-order valence-electron chi connectivity index (χ2n) is 21.9. The third-order valence-electron chi connectivity index (χ3n) is 16.6. The van der Waals surface area contributed by atoms with Crippen molar-refractivity contribution in [2.45, 2.75) is 27.7 Å². The van der Waals surface area contributed by atoms with E-state index in [4.69, 9.17) is 8.83 Å². The highest BCUT2D eigenvalue weighted by Crippen LogP contribution is 2.49. The molecule has 390 valence electrons. The number of hydrogen-bond donors (Lipinski definition) is 0. The molecule has 0 amide bonds. The van der Waals surface area contributed by atoms with E-state index in [0.717, 1.165) is 110 Å². The van der Waals surface area contributed by atoms with Crippen LogP contribution in [0.1, 0.15) is 22.3 Å². The highest BCUT2D eigenvalue weighted by molar-refractivity contribution is 6.19. The Morgan fingerprint density at radius 3 is 0.988 bits per heavy atom. The molecule has 0 saturated heterocycles. The van der Waals surface area contributed by atoms with Gasteiger partial charge in [-0.15, -0.1) is 0 Å². The molecule has 0 fully saturated rings. The summed E-state index contributed by atoms with van der Waals surface area (Å²) in [5.74, 6) is 0. The molecule has 0 saturated carbocycles. The van der Waals surface area contributed by atoms with Crippen LogP contribution in [0.15, 0.2) is 276 Å². The minimum atomic E-state index is 0.795. The Morgan fingerprint density at radius 2 is 0.598 bits per heavy atom. The lowest BCUT2D eigenvalue weighted by molar-refractivity contribution is 0.656. The fourth-order valence-electron chi connectivity index (χ4n) is 12.7. The average Bonchev–Trinajstić information content (AvgIpc) is 3.94. The highest BCUT2D eigenvalue weighted by Gasteiger charge is 2.25. The molecule has 0 unspecified atom stereocenters. The molecule has 0 spiro atoms. The summed E-state index contributed by atoms with van der Waals surface area (Å²) in [5.41, 5.74) is 24.1. The van der Waals surface area contributed by atoms with Crippen molar-refractivity contribution in [1.29, 1.82) is 0 Å². The molecule has 0 radical (unpaired) electrons. The van der Waals surface area contributed by atoms with Gasteiger partial charge in [-0.3, -0.25) is 0 Å². The van der Waals surface area contributed by atoms with Gasteiger partial charge in [0, 0.05) is 50.1 Å². The quantitative estimate of drug-likeness (QED) is 0.137. The van der Waals surface area contributed by atoms with E-state index in [9.17, 15) is 0 Å². The van der Waals surface area contributed by atoms with Gasteiger partial charge < -0.3 is 18.6 Å². The fraction of sp³-hybridized carbons (Fsp3) is 0.0513. The van der Waals surface area contributed by atoms with Crippen LogP contribution in [0.3, 0.4) is 0 Å². The average molecular weight is 1050 g/mol. The number of nitrogens with zero attached hydrogens (tertiary/aromatic N) is 2. The second-order valence-corrected chi connectivity index (χ2v) is 21.9. The normalized spacial score (nSPS) is 11.7. The van der Waals surface area contributed by atoms with E-state index in [2.05, 4.69) is 304 Å². The molecule has 0 aliphatic carbocycles. The molecule has 0 N–H and O–H groups in total. The van der Waals surface area contributed by atoms with E-state index in [0.29, 0.717) is 0 Å². The van der Waals surface area contributed by atoms with Gasteiger partial charge in [-0.1, -0.05) is 182 Å². The van der Waals surface area contributed by atoms with Gasteiger partial charge in [0.25, 0.3) is 0 Å². The molecular formula is C78H56N2O2. The van der Waals surface area contributed by atoms with Crippen LogP contribution in [-0.2, 0) is 0 Å². The standard InChI is InChI=1S/C78H56N2O2/c1-49-19-17-20-50(2)77(49)79(71-37-33-57(53-23-9-5-10-24-53)41-65(71)55-27-13-7-14-28-55)63-35-31-59-43-67-69-47-70-68-44-60-32-36-64(40-62(60)46-74(68)82-76(70)48-75(69)81-73(67)45-61(59)39-63)80(78-51(3)21-18-22-52(78)4)72-38-34-58(54-25-11-6-12-26-54)42-66(72)56-29-15-8-16-30-56/h5-48H,1-4H3. The smallest absolute Gasteiger partial charge is 0.139 e. The summed E-state index contributed by atoms with van der Waals surface area (Å²) in [5, 5.41) is 8.74. The summed E-state index contributed by atoms with van der Waals surface area (Å²) in [7, 11) is 0. The van der Waals surface area contributed by atoms with E-state index in [1.807, 2.05) is 0 Å². The van der Waals surface area contributed by atoms with Gasteiger partial charge in [-0.25, -0.2) is 0 Å². The lowest BCUT2D eigenvalue weighted by Gasteiger charge is -2.31. The largest absolute Gasteiger partial charge is 0.456 e. The summed E-state index contributed by atoms with van der Waals surface area (Å²) in [6, 6.07) is 96.8. The van der Waals surface area contributed by atoms with Crippen LogP contribution in [0.4, 0.5) is 34.1 Å². The number of furan rings is 2. The number of para-hydroxylation sites is 2. The van der Waals surface area contributed by atoms with Gasteiger partial charge in [0.15, 0.2) is 0 Å². The second kappa shape index (κ2) is 19.7. The number of hydrogen-bond acceptors (Lipinski definition) is 4. The van der Waals surface area contributed by atoms with Gasteiger partial charge in [-0.2, -0.15) is 0 Å². The van der Waals surface area contributed by atoms with Crippen molar-refractivity contribution in [2.75, 3.05) is 9.80 Å². The van der Waals surface area contributed by atoms with Crippen molar-refractivity contribution in [3.8, 4) is 44.5 Å². The van der Waals surface area contributed by atoms with Gasteiger partial charge in [0.05, 0.1) is 22.7 Å². The number of aryl methyl sites for hydroxylation is 4. The molecule has 0 aliphatic heterocycles. The van der Waals surface area contributed by atoms with E-state index >= 15 is 0 Å². The van der Waals surface area contributed by atoms with Gasteiger partial charge in [0.1, 0.15) is 22.3 Å². The Bertz CT molecular complexity index is 4610. The summed E-state index contributed by atoms with van der Waals surface area (Å²) >= 11 is 0. The first kappa shape index (κ1) is 48.7. The molecule has 0 atom stereocenters. The molecule has 4 heteroatoms. The summed E-state index contributed by atoms with van der Waals surface area (Å²) < 4.78 is 13.6. The number of fused-ring (bicyclic) bond motifs is 8. The lowest BCUT2D eigenvalue weighted by Crippen LogP contribution is -2.14. The first-order valence-corrected chi connectivity index (χ1v) is 28.2. The molecule has 2 aromatic heterocycles. The van der Waals surface area contributed by atoms with Gasteiger partial charge >= 0.3 is 0 Å². The lowest BCUT2D eigenvalue weighted by atomic mass is 9.95. The zero-order chi connectivity index (χ0) is 55.0. The van der Waals surface area contributed by atoms with Crippen molar-refractivity contribution in [3.63, 3.8) is 0 Å². The maximum Gasteiger partial charge on any atom is 0.139 e. The molecule has 2 heterocycles. The van der Waals surface area contributed by atoms with Crippen LogP contribution in [-0.4, -0.2) is 0 Å². The minimum Gasteiger partial charge on any atom is -0.456 e. The van der Waals surface area contributed by atoms with Gasteiger partial charge in [-0.05, 0) is 184 Å². The maximum absolute atomic E-state index is 6.82. The highest BCUT2D eigenvalue weighted by atomic mass is 16.3. The van der Waals surface area contributed by atoms with Crippen molar-refractivity contribution in [1.82, 2.24) is 0 Å². The predicted molar refractivity (Wildman–Crippen MR) is 346 cm³/mol. The summed E-state index contributed by atoms with van der Waals surface area (Å²) in [6.45, 7) is 8.85. The van der Waals surface area contributed by atoms with Crippen molar-refractivity contribution in [2.24, 2.45) is 0 Å². The molecular weight excluding hydrogens is 997 g/mol. The monoisotopic (exact) mass is 1050 g/mol. The Morgan fingerprint density at radius 1 is 0.244 bits per heavy atom. The predicted octanol–water partition coefficient (Wildman–Crippen LogP) is 22.6. The summed E-state index contributed by atoms with van der Waals surface area (Å²) in [4.78, 5) is 4.89. The van der Waals surface area contributed by atoms with Crippen LogP contribution < -0.4 is 9.80 Å². The van der Waals surface area contributed by atoms with Crippen LogP contribution in [0.25, 0.3) is 110 Å². The van der Waals surface area contributed by atoms with Crippen molar-refractivity contribution in [3.05, 3.63) is 289 Å². The topological polar surface area (TPSA) is 32.8 Å². The van der Waals surface area contributed by atoms with Crippen LogP contribution in [0.2, 0.25) is 0 Å². The molecule has 0 bridgehead atoms. The van der Waals surface area contributed by atoms with Crippen LogP contribution in [0, 0.1) is 27.7 Å². The SMILES string of the molecule is Cc1cccc(C)c1N(c1ccc2cc3c(cc2c1)oc1cc2oc4cc5cc(N(c6ccc(-c7ccccc7)cc6-c6ccccc6)c6c(C)cccc6C)ccc5cc4c2cc13)c1ccc(-c2ccccc2)cc1-c1ccccc1. The van der Waals surface area contributed by atoms with E-state index in [-0.39, 0.29) is 0 Å². The first-order valence-electron chi connectivity index (χ1n) is 28.2. The van der Waals surface area contributed by atoms with E-state index in [1.54, 1.807) is 0 Å². The molecule has 15 aromatic rings. The number of rotatable bonds is 10. The molecule has 13 aromatic carbocycles. The third kappa shape index (κ3) is 8.38. The number of benzene rings is 13. The van der Waals surface area contributed by atoms with E-state index < -0.39 is 0 Å². The van der Waals surface area contributed by atoms with Crippen molar-refractivity contribution >= 4 is 99.5 Å². The maximum atomic E-state index is 6.82. The van der Waals surface area contributed by atoms with E-state index in [1.165, 1.54) is 55.9 Å². The van der Waals surface area contributed by atoms with Gasteiger partial charge in [0.2, 0.25) is 0 Å². The molecule has 82 heavy (non-hydrogen) atoms. The Balaban J connectivity index is 0.836. The van der Waals surface area contributed by atoms with Crippen LogP contribution >= 0.6 is 0 Å². The zero-order valence-electron chi connectivity index (χ0n) is 46.1. The third-order valence-corrected chi connectivity index (χ3v) is 16.6. The summed E-state index contributed by atoms with van der Waals surface area (Å²) in [6.07, 6.45) is 0. The number of anilines is 6. The molecule has 0 aliphatic rings. The first-order chi connectivity index (χ1) is 40.3. The fourth-order valence-corrected chi connectivity index (χ4v) is 12.7. The minimum absolute atomic E-state index is 0.795. The Labute approximate surface area is 477 Å².